The van der Waals surface area contributed by atoms with Crippen LogP contribution in [-0.2, 0) is 11.3 Å². The highest BCUT2D eigenvalue weighted by atomic mass is 16.4. The van der Waals surface area contributed by atoms with Gasteiger partial charge in [0, 0.05) is 6.07 Å². The van der Waals surface area contributed by atoms with Crippen LogP contribution >= 0.6 is 0 Å². The van der Waals surface area contributed by atoms with Crippen LogP contribution in [0.1, 0.15) is 29.5 Å². The minimum Gasteiger partial charge on any atom is -0.481 e. The summed E-state index contributed by atoms with van der Waals surface area (Å²) in [6.07, 6.45) is 1.64. The molecule has 1 aromatic heterocycles. The molecule has 2 aromatic rings. The van der Waals surface area contributed by atoms with Crippen LogP contribution < -0.4 is 5.56 Å². The molecule has 0 aliphatic carbocycles. The van der Waals surface area contributed by atoms with Crippen molar-refractivity contribution in [3.8, 4) is 0 Å². The number of nitrogens with zero attached hydrogens (tertiary/aromatic N) is 2. The maximum atomic E-state index is 11.7. The number of aliphatic carboxylic acids is 1. The number of hydrogen-bond acceptors (Lipinski definition) is 3. The summed E-state index contributed by atoms with van der Waals surface area (Å²) in [5.74, 6) is -1.39. The zero-order valence-electron chi connectivity index (χ0n) is 11.4. The minimum atomic E-state index is -0.853. The summed E-state index contributed by atoms with van der Waals surface area (Å²) < 4.78 is 1.38. The third kappa shape index (κ3) is 3.12. The second-order valence-corrected chi connectivity index (χ2v) is 4.83. The summed E-state index contributed by atoms with van der Waals surface area (Å²) in [6.45, 7) is 3.84. The lowest BCUT2D eigenvalue weighted by Crippen LogP contribution is -2.22. The predicted molar refractivity (Wildman–Crippen MR) is 74.8 cm³/mol. The third-order valence-electron chi connectivity index (χ3n) is 3.19. The molecule has 0 fully saturated rings. The normalized spacial score (nSPS) is 12.1. The third-order valence-corrected chi connectivity index (χ3v) is 3.19. The van der Waals surface area contributed by atoms with E-state index in [4.69, 9.17) is 5.11 Å². The van der Waals surface area contributed by atoms with Gasteiger partial charge < -0.3 is 5.11 Å². The molecule has 0 aliphatic rings. The van der Waals surface area contributed by atoms with E-state index in [0.29, 0.717) is 6.54 Å². The number of hydrogen-bond donors (Lipinski definition) is 1. The fraction of sp³-hybridized carbons (Fsp3) is 0.267. The summed E-state index contributed by atoms with van der Waals surface area (Å²) in [7, 11) is 0. The molecule has 1 atom stereocenters. The number of aryl methyl sites for hydroxylation is 1. The number of aromatic nitrogens is 2. The fourth-order valence-electron chi connectivity index (χ4n) is 1.87. The van der Waals surface area contributed by atoms with Gasteiger partial charge in [0.05, 0.1) is 18.7 Å². The summed E-state index contributed by atoms with van der Waals surface area (Å²) >= 11 is 0. The van der Waals surface area contributed by atoms with Crippen molar-refractivity contribution in [2.24, 2.45) is 0 Å². The molecule has 1 unspecified atom stereocenters. The van der Waals surface area contributed by atoms with Crippen molar-refractivity contribution in [1.29, 1.82) is 0 Å². The molecule has 0 saturated carbocycles. The molecule has 0 saturated heterocycles. The van der Waals surface area contributed by atoms with Crippen molar-refractivity contribution in [1.82, 2.24) is 9.78 Å². The maximum Gasteiger partial charge on any atom is 0.310 e. The van der Waals surface area contributed by atoms with Gasteiger partial charge in [0.2, 0.25) is 0 Å². The quantitative estimate of drug-likeness (QED) is 0.921. The van der Waals surface area contributed by atoms with Crippen LogP contribution in [0.2, 0.25) is 0 Å². The van der Waals surface area contributed by atoms with E-state index < -0.39 is 11.9 Å². The van der Waals surface area contributed by atoms with E-state index in [0.717, 1.165) is 16.7 Å². The lowest BCUT2D eigenvalue weighted by molar-refractivity contribution is -0.138. The molecule has 5 heteroatoms. The number of carboxylic acid groups (broad SMARTS) is 1. The predicted octanol–water partition coefficient (Wildman–Crippen LogP) is 1.79. The van der Waals surface area contributed by atoms with Gasteiger partial charge in [-0.15, -0.1) is 0 Å². The Morgan fingerprint density at radius 3 is 2.55 bits per heavy atom. The van der Waals surface area contributed by atoms with Crippen LogP contribution in [0.3, 0.4) is 0 Å². The Morgan fingerprint density at radius 1 is 1.35 bits per heavy atom. The number of carboxylic acids is 1. The van der Waals surface area contributed by atoms with E-state index >= 15 is 0 Å². The fourth-order valence-corrected chi connectivity index (χ4v) is 1.87. The standard InChI is InChI=1S/C15H16N2O3/c1-10-7-14(18)17(16-8-10)9-12-3-5-13(6-4-12)11(2)15(19)20/h3-8,11H,9H2,1-2H3,(H,19,20). The van der Waals surface area contributed by atoms with Crippen molar-refractivity contribution in [2.75, 3.05) is 0 Å². The summed E-state index contributed by atoms with van der Waals surface area (Å²) in [5.41, 5.74) is 2.33. The van der Waals surface area contributed by atoms with Gasteiger partial charge in [-0.05, 0) is 30.5 Å². The largest absolute Gasteiger partial charge is 0.481 e. The van der Waals surface area contributed by atoms with Gasteiger partial charge in [0.25, 0.3) is 5.56 Å². The van der Waals surface area contributed by atoms with Gasteiger partial charge in [-0.25, -0.2) is 4.68 Å². The summed E-state index contributed by atoms with van der Waals surface area (Å²) in [5, 5.41) is 13.0. The molecule has 0 amide bonds. The van der Waals surface area contributed by atoms with Crippen LogP contribution in [-0.4, -0.2) is 20.9 Å². The Bertz CT molecular complexity index is 674. The first-order valence-electron chi connectivity index (χ1n) is 6.33. The SMILES string of the molecule is Cc1cnn(Cc2ccc(C(C)C(=O)O)cc2)c(=O)c1. The van der Waals surface area contributed by atoms with Crippen molar-refractivity contribution in [3.63, 3.8) is 0 Å². The van der Waals surface area contributed by atoms with Gasteiger partial charge >= 0.3 is 5.97 Å². The van der Waals surface area contributed by atoms with Gasteiger partial charge in [0.1, 0.15) is 0 Å². The molecule has 20 heavy (non-hydrogen) atoms. The summed E-state index contributed by atoms with van der Waals surface area (Å²) in [4.78, 5) is 22.6. The van der Waals surface area contributed by atoms with E-state index in [9.17, 15) is 9.59 Å². The van der Waals surface area contributed by atoms with Crippen LogP contribution in [0.5, 0.6) is 0 Å². The molecular formula is C15H16N2O3. The van der Waals surface area contributed by atoms with Crippen molar-refractivity contribution in [3.05, 3.63) is 63.6 Å². The first-order valence-corrected chi connectivity index (χ1v) is 6.33. The zero-order valence-corrected chi connectivity index (χ0v) is 11.4. The number of benzene rings is 1. The van der Waals surface area contributed by atoms with Crippen LogP contribution in [0.4, 0.5) is 0 Å². The molecule has 0 radical (unpaired) electrons. The van der Waals surface area contributed by atoms with Gasteiger partial charge in [-0.3, -0.25) is 9.59 Å². The second kappa shape index (κ2) is 5.69. The average Bonchev–Trinajstić information content (AvgIpc) is 2.42. The monoisotopic (exact) mass is 272 g/mol. The maximum absolute atomic E-state index is 11.7. The van der Waals surface area contributed by atoms with E-state index in [1.54, 1.807) is 25.3 Å². The topological polar surface area (TPSA) is 72.2 Å². The van der Waals surface area contributed by atoms with Crippen molar-refractivity contribution >= 4 is 5.97 Å². The lowest BCUT2D eigenvalue weighted by Gasteiger charge is -2.08. The smallest absolute Gasteiger partial charge is 0.310 e. The summed E-state index contributed by atoms with van der Waals surface area (Å²) in [6, 6.07) is 8.72. The van der Waals surface area contributed by atoms with Crippen molar-refractivity contribution < 1.29 is 9.90 Å². The van der Waals surface area contributed by atoms with E-state index in [1.807, 2.05) is 19.1 Å². The van der Waals surface area contributed by atoms with E-state index in [-0.39, 0.29) is 5.56 Å². The van der Waals surface area contributed by atoms with Crippen molar-refractivity contribution in [2.45, 2.75) is 26.3 Å². The molecule has 104 valence electrons. The highest BCUT2D eigenvalue weighted by Gasteiger charge is 2.13. The molecule has 1 aromatic carbocycles. The second-order valence-electron chi connectivity index (χ2n) is 4.83. The number of rotatable bonds is 4. The molecule has 2 rings (SSSR count). The van der Waals surface area contributed by atoms with Gasteiger partial charge in [-0.1, -0.05) is 24.3 Å². The molecule has 0 aliphatic heterocycles. The lowest BCUT2D eigenvalue weighted by atomic mass is 10.0. The molecule has 5 nitrogen and oxygen atoms in total. The molecule has 1 N–H and O–H groups in total. The van der Waals surface area contributed by atoms with Crippen LogP contribution in [0.25, 0.3) is 0 Å². The Kier molecular flexibility index (Phi) is 3.98. The number of carbonyl (C=O) groups is 1. The first-order chi connectivity index (χ1) is 9.47. The Balaban J connectivity index is 2.19. The van der Waals surface area contributed by atoms with Crippen LogP contribution in [0.15, 0.2) is 41.3 Å². The molecule has 0 bridgehead atoms. The Morgan fingerprint density at radius 2 is 2.00 bits per heavy atom. The Labute approximate surface area is 116 Å². The zero-order chi connectivity index (χ0) is 14.7. The van der Waals surface area contributed by atoms with Gasteiger partial charge in [0.15, 0.2) is 0 Å². The Hall–Kier alpha value is -2.43. The van der Waals surface area contributed by atoms with Crippen LogP contribution in [0, 0.1) is 6.92 Å². The average molecular weight is 272 g/mol. The molecule has 0 spiro atoms. The molecular weight excluding hydrogens is 256 g/mol. The first kappa shape index (κ1) is 14.0. The van der Waals surface area contributed by atoms with E-state index in [2.05, 4.69) is 5.10 Å². The van der Waals surface area contributed by atoms with Gasteiger partial charge in [-0.2, -0.15) is 5.10 Å². The molecule has 1 heterocycles. The highest BCUT2D eigenvalue weighted by Crippen LogP contribution is 2.16. The minimum absolute atomic E-state index is 0.145. The highest BCUT2D eigenvalue weighted by molar-refractivity contribution is 5.75. The van der Waals surface area contributed by atoms with E-state index in [1.165, 1.54) is 10.7 Å².